The van der Waals surface area contributed by atoms with Gasteiger partial charge in [-0.05, 0) is 43.2 Å². The first-order chi connectivity index (χ1) is 14.4. The number of carbonyl (C=O) groups excluding carboxylic acids is 2. The molecule has 0 bridgehead atoms. The van der Waals surface area contributed by atoms with Crippen molar-refractivity contribution in [2.75, 3.05) is 32.5 Å². The minimum absolute atomic E-state index is 0.0247. The Morgan fingerprint density at radius 3 is 2.50 bits per heavy atom. The molecule has 0 aromatic heterocycles. The van der Waals surface area contributed by atoms with E-state index in [9.17, 15) is 9.59 Å². The van der Waals surface area contributed by atoms with E-state index in [2.05, 4.69) is 6.07 Å². The van der Waals surface area contributed by atoms with Gasteiger partial charge in [0.2, 0.25) is 0 Å². The van der Waals surface area contributed by atoms with Crippen LogP contribution in [0.25, 0.3) is 0 Å². The molecule has 30 heavy (non-hydrogen) atoms. The third-order valence-electron chi connectivity index (χ3n) is 4.78. The topological polar surface area (TPSA) is 74.3 Å². The summed E-state index contributed by atoms with van der Waals surface area (Å²) in [6, 6.07) is 13.5. The molecule has 0 amide bonds. The highest BCUT2D eigenvalue weighted by Crippen LogP contribution is 2.28. The fraction of sp³-hybridized carbons (Fsp3) is 0.304. The van der Waals surface area contributed by atoms with Crippen molar-refractivity contribution in [1.29, 1.82) is 0 Å². The normalized spacial score (nSPS) is 13.8. The molecule has 2 aromatic carbocycles. The summed E-state index contributed by atoms with van der Waals surface area (Å²) >= 11 is 0. The largest absolute Gasteiger partial charge is 0.489 e. The molecule has 0 spiro atoms. The number of hydrogen-bond donors (Lipinski definition) is 0. The van der Waals surface area contributed by atoms with E-state index in [-0.39, 0.29) is 24.6 Å². The van der Waals surface area contributed by atoms with E-state index in [1.54, 1.807) is 4.90 Å². The van der Waals surface area contributed by atoms with Crippen LogP contribution < -0.4 is 9.64 Å². The van der Waals surface area contributed by atoms with Crippen molar-refractivity contribution in [3.8, 4) is 5.75 Å². The Morgan fingerprint density at radius 2 is 1.80 bits per heavy atom. The smallest absolute Gasteiger partial charge is 0.355 e. The van der Waals surface area contributed by atoms with Crippen LogP contribution in [0.5, 0.6) is 5.75 Å². The lowest BCUT2D eigenvalue weighted by Crippen LogP contribution is -2.38. The Kier molecular flexibility index (Phi) is 6.74. The van der Waals surface area contributed by atoms with Gasteiger partial charge in [-0.2, -0.15) is 0 Å². The highest BCUT2D eigenvalue weighted by Gasteiger charge is 2.32. The van der Waals surface area contributed by atoms with Crippen molar-refractivity contribution in [2.24, 2.45) is 0 Å². The summed E-state index contributed by atoms with van der Waals surface area (Å²) < 4.78 is 21.2. The molecular formula is C23H25NO6. The molecule has 0 N–H and O–H groups in total. The summed E-state index contributed by atoms with van der Waals surface area (Å²) in [4.78, 5) is 26.2. The summed E-state index contributed by atoms with van der Waals surface area (Å²) in [6.45, 7) is 4.48. The van der Waals surface area contributed by atoms with Crippen LogP contribution in [0.4, 0.5) is 5.69 Å². The lowest BCUT2D eigenvalue weighted by atomic mass is 10.1. The minimum atomic E-state index is -0.630. The molecule has 0 fully saturated rings. The first-order valence-electron chi connectivity index (χ1n) is 9.48. The van der Waals surface area contributed by atoms with Gasteiger partial charge in [-0.1, -0.05) is 29.8 Å². The van der Waals surface area contributed by atoms with Gasteiger partial charge >= 0.3 is 11.9 Å². The summed E-state index contributed by atoms with van der Waals surface area (Å²) in [5.41, 5.74) is 4.06. The van der Waals surface area contributed by atoms with Gasteiger partial charge in [0.15, 0.2) is 0 Å². The van der Waals surface area contributed by atoms with Crippen molar-refractivity contribution in [2.45, 2.75) is 20.5 Å². The molecular weight excluding hydrogens is 386 g/mol. The standard InChI is InChI=1S/C23H25NO6/c1-15-8-9-20(16(2)10-15)30-12-17-6-5-7-18(11-17)24-14-29-13-19(22(25)27-3)21(24)23(26)28-4/h5-11H,12-14H2,1-4H3. The van der Waals surface area contributed by atoms with E-state index in [4.69, 9.17) is 18.9 Å². The highest BCUT2D eigenvalue weighted by molar-refractivity contribution is 6.03. The van der Waals surface area contributed by atoms with Crippen LogP contribution in [-0.4, -0.2) is 39.5 Å². The predicted octanol–water partition coefficient (Wildman–Crippen LogP) is 3.28. The van der Waals surface area contributed by atoms with Crippen LogP contribution in [0.1, 0.15) is 16.7 Å². The molecule has 0 unspecified atom stereocenters. The van der Waals surface area contributed by atoms with Gasteiger partial charge in [0.05, 0.1) is 26.4 Å². The molecule has 0 saturated carbocycles. The number of aryl methyl sites for hydroxylation is 2. The number of rotatable bonds is 6. The predicted molar refractivity (Wildman–Crippen MR) is 111 cm³/mol. The van der Waals surface area contributed by atoms with E-state index < -0.39 is 11.9 Å². The van der Waals surface area contributed by atoms with Crippen LogP contribution >= 0.6 is 0 Å². The average Bonchev–Trinajstić information content (AvgIpc) is 2.77. The molecule has 7 nitrogen and oxygen atoms in total. The van der Waals surface area contributed by atoms with Crippen LogP contribution in [-0.2, 0) is 30.4 Å². The Labute approximate surface area is 175 Å². The number of nitrogens with zero attached hydrogens (tertiary/aromatic N) is 1. The number of carbonyl (C=O) groups is 2. The van der Waals surface area contributed by atoms with Gasteiger partial charge in [0, 0.05) is 5.69 Å². The van der Waals surface area contributed by atoms with Crippen molar-refractivity contribution < 1.29 is 28.5 Å². The minimum Gasteiger partial charge on any atom is -0.489 e. The zero-order valence-electron chi connectivity index (χ0n) is 17.6. The summed E-state index contributed by atoms with van der Waals surface area (Å²) in [5.74, 6) is -0.444. The summed E-state index contributed by atoms with van der Waals surface area (Å²) in [6.07, 6.45) is 0. The maximum atomic E-state index is 12.4. The molecule has 0 saturated heterocycles. The second-order valence-corrected chi connectivity index (χ2v) is 6.94. The lowest BCUT2D eigenvalue weighted by Gasteiger charge is -2.31. The number of methoxy groups -OCH3 is 2. The molecule has 0 aliphatic carbocycles. The van der Waals surface area contributed by atoms with E-state index in [0.29, 0.717) is 12.3 Å². The highest BCUT2D eigenvalue weighted by atomic mass is 16.5. The van der Waals surface area contributed by atoms with Crippen molar-refractivity contribution in [1.82, 2.24) is 0 Å². The summed E-state index contributed by atoms with van der Waals surface area (Å²) in [7, 11) is 2.53. The molecule has 1 heterocycles. The fourth-order valence-corrected chi connectivity index (χ4v) is 3.28. The molecule has 0 radical (unpaired) electrons. The Bertz CT molecular complexity index is 981. The lowest BCUT2D eigenvalue weighted by molar-refractivity contribution is -0.140. The van der Waals surface area contributed by atoms with Crippen LogP contribution in [0.2, 0.25) is 0 Å². The second-order valence-electron chi connectivity index (χ2n) is 6.94. The Balaban J connectivity index is 1.88. The Hall–Kier alpha value is -3.32. The molecule has 3 rings (SSSR count). The number of ether oxygens (including phenoxy) is 4. The van der Waals surface area contributed by atoms with E-state index in [0.717, 1.165) is 16.9 Å². The van der Waals surface area contributed by atoms with Gasteiger partial charge in [-0.3, -0.25) is 0 Å². The van der Waals surface area contributed by atoms with Gasteiger partial charge in [0.1, 0.15) is 24.8 Å². The van der Waals surface area contributed by atoms with Crippen LogP contribution in [0.3, 0.4) is 0 Å². The zero-order chi connectivity index (χ0) is 21.7. The first kappa shape index (κ1) is 21.4. The van der Waals surface area contributed by atoms with E-state index >= 15 is 0 Å². The average molecular weight is 411 g/mol. The maximum absolute atomic E-state index is 12.4. The molecule has 2 aromatic rings. The Morgan fingerprint density at radius 1 is 1.03 bits per heavy atom. The monoisotopic (exact) mass is 411 g/mol. The van der Waals surface area contributed by atoms with Gasteiger partial charge < -0.3 is 23.8 Å². The third kappa shape index (κ3) is 4.63. The van der Waals surface area contributed by atoms with Crippen LogP contribution in [0, 0.1) is 13.8 Å². The number of hydrogen-bond acceptors (Lipinski definition) is 7. The van der Waals surface area contributed by atoms with Crippen LogP contribution in [0.15, 0.2) is 53.7 Å². The quantitative estimate of drug-likeness (QED) is 0.676. The second kappa shape index (κ2) is 9.45. The summed E-state index contributed by atoms with van der Waals surface area (Å²) in [5, 5.41) is 0. The van der Waals surface area contributed by atoms with E-state index in [1.165, 1.54) is 19.8 Å². The van der Waals surface area contributed by atoms with E-state index in [1.807, 2.05) is 50.2 Å². The molecule has 1 aliphatic heterocycles. The zero-order valence-corrected chi connectivity index (χ0v) is 17.6. The molecule has 7 heteroatoms. The van der Waals surface area contributed by atoms with Crippen molar-refractivity contribution in [3.63, 3.8) is 0 Å². The first-order valence-corrected chi connectivity index (χ1v) is 9.48. The van der Waals surface area contributed by atoms with Crippen molar-refractivity contribution >= 4 is 17.6 Å². The number of anilines is 1. The van der Waals surface area contributed by atoms with Gasteiger partial charge in [0.25, 0.3) is 0 Å². The fourth-order valence-electron chi connectivity index (χ4n) is 3.28. The molecule has 0 atom stereocenters. The van der Waals surface area contributed by atoms with Crippen molar-refractivity contribution in [3.05, 3.63) is 70.4 Å². The van der Waals surface area contributed by atoms with Gasteiger partial charge in [-0.15, -0.1) is 0 Å². The number of esters is 2. The third-order valence-corrected chi connectivity index (χ3v) is 4.78. The SMILES string of the molecule is COC(=O)C1=C(C(=O)OC)N(c2cccc(COc3ccc(C)cc3C)c2)COC1. The molecule has 158 valence electrons. The van der Waals surface area contributed by atoms with Gasteiger partial charge in [-0.25, -0.2) is 9.59 Å². The molecule has 1 aliphatic rings. The maximum Gasteiger partial charge on any atom is 0.355 e. The number of benzene rings is 2.